The number of carbonyl (C=O) groups excluding carboxylic acids is 2. The van der Waals surface area contributed by atoms with E-state index in [1.807, 2.05) is 25.1 Å². The van der Waals surface area contributed by atoms with Gasteiger partial charge < -0.3 is 10.1 Å². The first-order valence-electron chi connectivity index (χ1n) is 8.15. The van der Waals surface area contributed by atoms with E-state index in [4.69, 9.17) is 4.74 Å². The van der Waals surface area contributed by atoms with E-state index < -0.39 is 5.97 Å². The van der Waals surface area contributed by atoms with Crippen LogP contribution in [0.5, 0.6) is 0 Å². The van der Waals surface area contributed by atoms with Crippen LogP contribution in [0.15, 0.2) is 42.5 Å². The second-order valence-electron chi connectivity index (χ2n) is 6.18. The molecule has 1 amide bonds. The van der Waals surface area contributed by atoms with Crippen LogP contribution in [0.1, 0.15) is 45.8 Å². The minimum Gasteiger partial charge on any atom is -0.465 e. The van der Waals surface area contributed by atoms with Crippen molar-refractivity contribution in [2.75, 3.05) is 12.4 Å². The van der Waals surface area contributed by atoms with Gasteiger partial charge in [-0.15, -0.1) is 0 Å². The highest BCUT2D eigenvalue weighted by molar-refractivity contribution is 6.02. The van der Waals surface area contributed by atoms with Crippen molar-refractivity contribution < 1.29 is 14.3 Å². The van der Waals surface area contributed by atoms with E-state index in [0.29, 0.717) is 17.7 Å². The number of nitrogens with one attached hydrogen (secondary N) is 1. The van der Waals surface area contributed by atoms with E-state index in [-0.39, 0.29) is 11.8 Å². The first-order valence-corrected chi connectivity index (χ1v) is 8.15. The number of hydrogen-bond donors (Lipinski definition) is 1. The largest absolute Gasteiger partial charge is 0.465 e. The van der Waals surface area contributed by atoms with Gasteiger partial charge in [0.1, 0.15) is 0 Å². The molecule has 0 saturated heterocycles. The number of carbonyl (C=O) groups is 2. The lowest BCUT2D eigenvalue weighted by Gasteiger charge is -2.15. The van der Waals surface area contributed by atoms with Crippen molar-refractivity contribution >= 4 is 17.6 Å². The van der Waals surface area contributed by atoms with Crippen LogP contribution in [0.3, 0.4) is 0 Å². The Morgan fingerprint density at radius 1 is 1.17 bits per heavy atom. The average Bonchev–Trinajstić information content (AvgIpc) is 2.99. The lowest BCUT2D eigenvalue weighted by atomic mass is 9.97. The zero-order valence-electron chi connectivity index (χ0n) is 14.0. The summed E-state index contributed by atoms with van der Waals surface area (Å²) < 4.78 is 4.80. The van der Waals surface area contributed by atoms with Crippen LogP contribution in [0.25, 0.3) is 0 Å². The molecule has 2 aromatic rings. The third kappa shape index (κ3) is 3.18. The lowest BCUT2D eigenvalue weighted by Crippen LogP contribution is -2.18. The van der Waals surface area contributed by atoms with Gasteiger partial charge in [0, 0.05) is 6.42 Å². The lowest BCUT2D eigenvalue weighted by molar-refractivity contribution is -0.116. The molecule has 1 atom stereocenters. The SMILES string of the molecule is COC(=O)c1cccc(C)c1NC(=O)CC1CCc2ccccc21. The zero-order valence-corrected chi connectivity index (χ0v) is 14.0. The van der Waals surface area contributed by atoms with Crippen molar-refractivity contribution in [3.8, 4) is 0 Å². The Hall–Kier alpha value is -2.62. The van der Waals surface area contributed by atoms with Gasteiger partial charge in [0.2, 0.25) is 5.91 Å². The summed E-state index contributed by atoms with van der Waals surface area (Å²) in [6, 6.07) is 13.6. The maximum Gasteiger partial charge on any atom is 0.339 e. The third-order valence-electron chi connectivity index (χ3n) is 4.63. The van der Waals surface area contributed by atoms with Crippen LogP contribution in [-0.4, -0.2) is 19.0 Å². The molecule has 0 fully saturated rings. The average molecular weight is 323 g/mol. The molecule has 4 nitrogen and oxygen atoms in total. The number of fused-ring (bicyclic) bond motifs is 1. The van der Waals surface area contributed by atoms with E-state index in [1.54, 1.807) is 12.1 Å². The van der Waals surface area contributed by atoms with Crippen LogP contribution in [0, 0.1) is 6.92 Å². The topological polar surface area (TPSA) is 55.4 Å². The zero-order chi connectivity index (χ0) is 17.1. The predicted octanol–water partition coefficient (Wildman–Crippen LogP) is 3.84. The fourth-order valence-corrected chi connectivity index (χ4v) is 3.39. The fraction of sp³-hybridized carbons (Fsp3) is 0.300. The third-order valence-corrected chi connectivity index (χ3v) is 4.63. The minimum absolute atomic E-state index is 0.0730. The number of anilines is 1. The summed E-state index contributed by atoms with van der Waals surface area (Å²) in [6.07, 6.45) is 2.43. The molecule has 0 heterocycles. The van der Waals surface area contributed by atoms with Crippen molar-refractivity contribution in [3.05, 3.63) is 64.7 Å². The molecule has 0 radical (unpaired) electrons. The molecule has 0 aliphatic heterocycles. The standard InChI is InChI=1S/C20H21NO3/c1-13-6-5-9-17(20(23)24-2)19(13)21-18(22)12-15-11-10-14-7-3-4-8-16(14)15/h3-9,15H,10-12H2,1-2H3,(H,21,22). The van der Waals surface area contributed by atoms with Gasteiger partial charge in [-0.25, -0.2) is 4.79 Å². The Balaban J connectivity index is 1.76. The molecule has 4 heteroatoms. The highest BCUT2D eigenvalue weighted by Crippen LogP contribution is 2.35. The second kappa shape index (κ2) is 6.87. The molecule has 0 saturated carbocycles. The Bertz CT molecular complexity index is 782. The molecule has 1 aliphatic carbocycles. The number of ether oxygens (including phenoxy) is 1. The molecular formula is C20H21NO3. The molecular weight excluding hydrogens is 302 g/mol. The number of esters is 1. The van der Waals surface area contributed by atoms with Gasteiger partial charge in [-0.2, -0.15) is 0 Å². The van der Waals surface area contributed by atoms with E-state index >= 15 is 0 Å². The van der Waals surface area contributed by atoms with Crippen LogP contribution >= 0.6 is 0 Å². The van der Waals surface area contributed by atoms with Crippen LogP contribution < -0.4 is 5.32 Å². The number of para-hydroxylation sites is 1. The molecule has 124 valence electrons. The molecule has 0 bridgehead atoms. The van der Waals surface area contributed by atoms with Crippen LogP contribution in [0.4, 0.5) is 5.69 Å². The summed E-state index contributed by atoms with van der Waals surface area (Å²) in [5.41, 5.74) is 4.38. The molecule has 0 aromatic heterocycles. The van der Waals surface area contributed by atoms with Gasteiger partial charge in [-0.05, 0) is 48.4 Å². The summed E-state index contributed by atoms with van der Waals surface area (Å²) in [5, 5.41) is 2.91. The monoisotopic (exact) mass is 323 g/mol. The van der Waals surface area contributed by atoms with E-state index in [2.05, 4.69) is 17.4 Å². The predicted molar refractivity (Wildman–Crippen MR) is 93.3 cm³/mol. The molecule has 2 aromatic carbocycles. The van der Waals surface area contributed by atoms with Gasteiger partial charge in [0.15, 0.2) is 0 Å². The maximum atomic E-state index is 12.5. The Morgan fingerprint density at radius 3 is 2.75 bits per heavy atom. The second-order valence-corrected chi connectivity index (χ2v) is 6.18. The molecule has 1 N–H and O–H groups in total. The molecule has 1 unspecified atom stereocenters. The normalized spacial score (nSPS) is 15.7. The molecule has 1 aliphatic rings. The van der Waals surface area contributed by atoms with Crippen LogP contribution in [0.2, 0.25) is 0 Å². The number of rotatable bonds is 4. The Morgan fingerprint density at radius 2 is 1.96 bits per heavy atom. The smallest absolute Gasteiger partial charge is 0.339 e. The minimum atomic E-state index is -0.444. The number of amides is 1. The fourth-order valence-electron chi connectivity index (χ4n) is 3.39. The van der Waals surface area contributed by atoms with E-state index in [9.17, 15) is 9.59 Å². The molecule has 24 heavy (non-hydrogen) atoms. The quantitative estimate of drug-likeness (QED) is 0.870. The van der Waals surface area contributed by atoms with Gasteiger partial charge >= 0.3 is 5.97 Å². The summed E-state index contributed by atoms with van der Waals surface area (Å²) in [4.78, 5) is 24.4. The number of methoxy groups -OCH3 is 1. The summed E-state index contributed by atoms with van der Waals surface area (Å²) in [6.45, 7) is 1.87. The number of hydrogen-bond acceptors (Lipinski definition) is 3. The first kappa shape index (κ1) is 16.2. The molecule has 0 spiro atoms. The highest BCUT2D eigenvalue weighted by Gasteiger charge is 2.25. The van der Waals surface area contributed by atoms with Gasteiger partial charge in [-0.3, -0.25) is 4.79 Å². The molecule has 3 rings (SSSR count). The van der Waals surface area contributed by atoms with Crippen molar-refractivity contribution in [2.45, 2.75) is 32.1 Å². The van der Waals surface area contributed by atoms with Gasteiger partial charge in [-0.1, -0.05) is 36.4 Å². The van der Waals surface area contributed by atoms with Crippen molar-refractivity contribution in [2.24, 2.45) is 0 Å². The Kier molecular flexibility index (Phi) is 4.65. The van der Waals surface area contributed by atoms with Crippen molar-refractivity contribution in [3.63, 3.8) is 0 Å². The number of aryl methyl sites for hydroxylation is 2. The highest BCUT2D eigenvalue weighted by atomic mass is 16.5. The summed E-state index contributed by atoms with van der Waals surface area (Å²) in [7, 11) is 1.34. The maximum absolute atomic E-state index is 12.5. The van der Waals surface area contributed by atoms with E-state index in [1.165, 1.54) is 18.2 Å². The first-order chi connectivity index (χ1) is 11.6. The number of benzene rings is 2. The van der Waals surface area contributed by atoms with Crippen molar-refractivity contribution in [1.29, 1.82) is 0 Å². The summed E-state index contributed by atoms with van der Waals surface area (Å²) >= 11 is 0. The summed E-state index contributed by atoms with van der Waals surface area (Å²) in [5.74, 6) is -0.275. The Labute approximate surface area is 141 Å². The van der Waals surface area contributed by atoms with Gasteiger partial charge in [0.25, 0.3) is 0 Å². The van der Waals surface area contributed by atoms with Crippen LogP contribution in [-0.2, 0) is 16.0 Å². The van der Waals surface area contributed by atoms with Crippen molar-refractivity contribution in [1.82, 2.24) is 0 Å². The van der Waals surface area contributed by atoms with Gasteiger partial charge in [0.05, 0.1) is 18.4 Å². The van der Waals surface area contributed by atoms with E-state index in [0.717, 1.165) is 18.4 Å².